The third-order valence-corrected chi connectivity index (χ3v) is 4.55. The Bertz CT molecular complexity index is 770. The zero-order chi connectivity index (χ0) is 17.0. The van der Waals surface area contributed by atoms with Crippen LogP contribution in [0, 0.1) is 16.7 Å². The number of amides is 1. The molecule has 1 N–H and O–H groups in total. The Morgan fingerprint density at radius 2 is 2.12 bits per heavy atom. The first-order valence-corrected chi connectivity index (χ1v) is 8.02. The molecule has 2 heterocycles. The van der Waals surface area contributed by atoms with Crippen molar-refractivity contribution in [2.75, 3.05) is 16.8 Å². The Balaban J connectivity index is 1.82. The van der Waals surface area contributed by atoms with Gasteiger partial charge in [0.05, 0.1) is 11.5 Å². The van der Waals surface area contributed by atoms with Crippen molar-refractivity contribution in [3.8, 4) is 6.07 Å². The molecule has 0 radical (unpaired) electrons. The second-order valence-electron chi connectivity index (χ2n) is 5.91. The fourth-order valence-electron chi connectivity index (χ4n) is 3.02. The van der Waals surface area contributed by atoms with Crippen molar-refractivity contribution in [3.63, 3.8) is 0 Å². The van der Waals surface area contributed by atoms with E-state index in [9.17, 15) is 4.79 Å². The molecular formula is C18H19N5O. The van der Waals surface area contributed by atoms with Crippen molar-refractivity contribution in [2.45, 2.75) is 26.2 Å². The maximum absolute atomic E-state index is 12.8. The predicted octanol–water partition coefficient (Wildman–Crippen LogP) is 3.27. The molecular weight excluding hydrogens is 302 g/mol. The van der Waals surface area contributed by atoms with Gasteiger partial charge in [-0.25, -0.2) is 4.98 Å². The molecule has 2 aromatic rings. The van der Waals surface area contributed by atoms with Gasteiger partial charge >= 0.3 is 0 Å². The zero-order valence-corrected chi connectivity index (χ0v) is 13.6. The molecule has 1 aliphatic rings. The highest BCUT2D eigenvalue weighted by Gasteiger charge is 2.46. The van der Waals surface area contributed by atoms with Crippen molar-refractivity contribution in [1.82, 2.24) is 9.97 Å². The largest absolute Gasteiger partial charge is 0.324 e. The minimum Gasteiger partial charge on any atom is -0.324 e. The molecule has 0 bridgehead atoms. The van der Waals surface area contributed by atoms with Crippen LogP contribution in [0.3, 0.4) is 0 Å². The van der Waals surface area contributed by atoms with Gasteiger partial charge in [0.15, 0.2) is 0 Å². The van der Waals surface area contributed by atoms with Gasteiger partial charge < -0.3 is 5.32 Å². The number of aromatic nitrogens is 2. The van der Waals surface area contributed by atoms with Crippen LogP contribution in [0.4, 0.5) is 17.5 Å². The van der Waals surface area contributed by atoms with E-state index in [0.29, 0.717) is 31.2 Å². The summed E-state index contributed by atoms with van der Waals surface area (Å²) in [6, 6.07) is 13.5. The lowest BCUT2D eigenvalue weighted by molar-refractivity contribution is -0.125. The predicted molar refractivity (Wildman–Crippen MR) is 91.7 cm³/mol. The van der Waals surface area contributed by atoms with Crippen LogP contribution < -0.4 is 10.2 Å². The van der Waals surface area contributed by atoms with Crippen molar-refractivity contribution in [2.24, 2.45) is 5.41 Å². The summed E-state index contributed by atoms with van der Waals surface area (Å²) in [6.07, 6.45) is 3.23. The van der Waals surface area contributed by atoms with Gasteiger partial charge in [0.25, 0.3) is 0 Å². The van der Waals surface area contributed by atoms with E-state index < -0.39 is 5.41 Å². The Labute approximate surface area is 141 Å². The number of rotatable bonds is 5. The Kier molecular flexibility index (Phi) is 4.43. The van der Waals surface area contributed by atoms with Crippen molar-refractivity contribution >= 4 is 23.4 Å². The fraction of sp³-hybridized carbons (Fsp3) is 0.333. The van der Waals surface area contributed by atoms with Crippen molar-refractivity contribution in [1.29, 1.82) is 5.26 Å². The fourth-order valence-corrected chi connectivity index (χ4v) is 3.02. The van der Waals surface area contributed by atoms with Gasteiger partial charge in [-0.05, 0) is 31.0 Å². The standard InChI is InChI=1S/C18H19N5O/c1-2-18(9-11-19)10-13-23(16(18)24)15-8-12-20-17(22-15)21-14-6-4-3-5-7-14/h3-8,12H,2,9-10,13H2,1H3,(H,20,21,22). The molecule has 1 saturated heterocycles. The smallest absolute Gasteiger partial charge is 0.235 e. The zero-order valence-electron chi connectivity index (χ0n) is 13.6. The number of hydrogen-bond acceptors (Lipinski definition) is 5. The highest BCUT2D eigenvalue weighted by molar-refractivity contribution is 5.99. The monoisotopic (exact) mass is 321 g/mol. The number of nitrogens with one attached hydrogen (secondary N) is 1. The summed E-state index contributed by atoms with van der Waals surface area (Å²) < 4.78 is 0. The van der Waals surface area contributed by atoms with Crippen LogP contribution in [0.25, 0.3) is 0 Å². The summed E-state index contributed by atoms with van der Waals surface area (Å²) in [5, 5.41) is 12.2. The van der Waals surface area contributed by atoms with E-state index in [4.69, 9.17) is 5.26 Å². The third kappa shape index (κ3) is 2.93. The SMILES string of the molecule is CCC1(CC#N)CCN(c2ccnc(Nc3ccccc3)n2)C1=O. The van der Waals surface area contributed by atoms with Crippen LogP contribution >= 0.6 is 0 Å². The van der Waals surface area contributed by atoms with Crippen LogP contribution in [0.2, 0.25) is 0 Å². The number of carbonyl (C=O) groups is 1. The molecule has 1 fully saturated rings. The molecule has 122 valence electrons. The van der Waals surface area contributed by atoms with Gasteiger partial charge in [-0.1, -0.05) is 25.1 Å². The number of benzene rings is 1. The lowest BCUT2D eigenvalue weighted by atomic mass is 9.81. The van der Waals surface area contributed by atoms with Gasteiger partial charge in [0.1, 0.15) is 5.82 Å². The molecule has 24 heavy (non-hydrogen) atoms. The van der Waals surface area contributed by atoms with E-state index in [1.54, 1.807) is 17.2 Å². The molecule has 6 heteroatoms. The number of nitrogens with zero attached hydrogens (tertiary/aromatic N) is 4. The van der Waals surface area contributed by atoms with Gasteiger partial charge in [-0.15, -0.1) is 0 Å². The van der Waals surface area contributed by atoms with Gasteiger partial charge in [-0.2, -0.15) is 10.2 Å². The van der Waals surface area contributed by atoms with E-state index in [1.807, 2.05) is 37.3 Å². The molecule has 1 aromatic carbocycles. The molecule has 0 saturated carbocycles. The summed E-state index contributed by atoms with van der Waals surface area (Å²) >= 11 is 0. The highest BCUT2D eigenvalue weighted by Crippen LogP contribution is 2.39. The molecule has 0 aliphatic carbocycles. The van der Waals surface area contributed by atoms with Crippen LogP contribution in [0.1, 0.15) is 26.2 Å². The van der Waals surface area contributed by atoms with Crippen LogP contribution in [0.15, 0.2) is 42.6 Å². The maximum atomic E-state index is 12.8. The molecule has 1 aromatic heterocycles. The van der Waals surface area contributed by atoms with E-state index in [-0.39, 0.29) is 12.3 Å². The normalized spacial score (nSPS) is 20.0. The van der Waals surface area contributed by atoms with Gasteiger partial charge in [0, 0.05) is 24.8 Å². The summed E-state index contributed by atoms with van der Waals surface area (Å²) in [4.78, 5) is 23.1. The minimum atomic E-state index is -0.577. The quantitative estimate of drug-likeness (QED) is 0.914. The van der Waals surface area contributed by atoms with E-state index in [1.165, 1.54) is 0 Å². The Hall–Kier alpha value is -2.94. The summed E-state index contributed by atoms with van der Waals surface area (Å²) in [7, 11) is 0. The average molecular weight is 321 g/mol. The van der Waals surface area contributed by atoms with E-state index in [2.05, 4.69) is 21.4 Å². The number of nitriles is 1. The summed E-state index contributed by atoms with van der Waals surface area (Å²) in [5.41, 5.74) is 0.307. The molecule has 1 aliphatic heterocycles. The average Bonchev–Trinajstić information content (AvgIpc) is 2.93. The van der Waals surface area contributed by atoms with E-state index in [0.717, 1.165) is 5.69 Å². The van der Waals surface area contributed by atoms with Crippen LogP contribution in [-0.4, -0.2) is 22.4 Å². The number of anilines is 3. The molecule has 6 nitrogen and oxygen atoms in total. The Morgan fingerprint density at radius 3 is 2.83 bits per heavy atom. The number of para-hydroxylation sites is 1. The van der Waals surface area contributed by atoms with Gasteiger partial charge in [0.2, 0.25) is 11.9 Å². The first-order chi connectivity index (χ1) is 11.7. The lowest BCUT2D eigenvalue weighted by Gasteiger charge is -2.23. The highest BCUT2D eigenvalue weighted by atomic mass is 16.2. The summed E-state index contributed by atoms with van der Waals surface area (Å²) in [6.45, 7) is 2.54. The lowest BCUT2D eigenvalue weighted by Crippen LogP contribution is -2.34. The maximum Gasteiger partial charge on any atom is 0.235 e. The third-order valence-electron chi connectivity index (χ3n) is 4.55. The van der Waals surface area contributed by atoms with Crippen LogP contribution in [0.5, 0.6) is 0 Å². The summed E-state index contributed by atoms with van der Waals surface area (Å²) in [5.74, 6) is 0.999. The second-order valence-corrected chi connectivity index (χ2v) is 5.91. The Morgan fingerprint density at radius 1 is 1.33 bits per heavy atom. The molecule has 1 amide bonds. The first-order valence-electron chi connectivity index (χ1n) is 8.02. The number of hydrogen-bond donors (Lipinski definition) is 1. The molecule has 1 unspecified atom stereocenters. The van der Waals surface area contributed by atoms with Gasteiger partial charge in [-0.3, -0.25) is 9.69 Å². The molecule has 1 atom stereocenters. The van der Waals surface area contributed by atoms with Crippen molar-refractivity contribution in [3.05, 3.63) is 42.6 Å². The second kappa shape index (κ2) is 6.67. The number of carbonyl (C=O) groups excluding carboxylic acids is 1. The minimum absolute atomic E-state index is 0.0177. The van der Waals surface area contributed by atoms with Crippen LogP contribution in [-0.2, 0) is 4.79 Å². The first kappa shape index (κ1) is 15.9. The van der Waals surface area contributed by atoms with Crippen molar-refractivity contribution < 1.29 is 4.79 Å². The topological polar surface area (TPSA) is 81.9 Å². The molecule has 0 spiro atoms. The van der Waals surface area contributed by atoms with E-state index >= 15 is 0 Å². The molecule has 3 rings (SSSR count).